The van der Waals surface area contributed by atoms with E-state index in [-0.39, 0.29) is 22.4 Å². The number of hydrogen-bond acceptors (Lipinski definition) is 5. The Kier molecular flexibility index (Phi) is 6.16. The largest absolute Gasteiger partial charge is 0.478 e. The second kappa shape index (κ2) is 8.96. The lowest BCUT2D eigenvalue weighted by Gasteiger charge is -2.17. The van der Waals surface area contributed by atoms with Crippen molar-refractivity contribution < 1.29 is 34.1 Å². The van der Waals surface area contributed by atoms with Crippen molar-refractivity contribution in [1.29, 1.82) is 0 Å². The van der Waals surface area contributed by atoms with E-state index >= 15 is 0 Å². The van der Waals surface area contributed by atoms with E-state index in [9.17, 15) is 24.6 Å². The van der Waals surface area contributed by atoms with Crippen LogP contribution in [0.2, 0.25) is 0 Å². The fourth-order valence-corrected chi connectivity index (χ4v) is 3.06. The van der Waals surface area contributed by atoms with E-state index in [0.717, 1.165) is 6.08 Å². The fraction of sp³-hybridized carbons (Fsp3) is 0.0417. The van der Waals surface area contributed by atoms with Crippen LogP contribution in [0.3, 0.4) is 0 Å². The Bertz CT molecular complexity index is 1160. The summed E-state index contributed by atoms with van der Waals surface area (Å²) in [4.78, 5) is 35.7. The van der Waals surface area contributed by atoms with Crippen LogP contribution in [0.15, 0.2) is 73.3 Å². The topological polar surface area (TPSA) is 110 Å². The van der Waals surface area contributed by atoms with Crippen molar-refractivity contribution in [3.05, 3.63) is 90.0 Å². The fourth-order valence-electron chi connectivity index (χ4n) is 3.06. The van der Waals surface area contributed by atoms with Crippen molar-refractivity contribution in [2.75, 3.05) is 0 Å². The minimum Gasteiger partial charge on any atom is -0.478 e. The smallest absolute Gasteiger partial charge is 0.340 e. The third kappa shape index (κ3) is 4.62. The van der Waals surface area contributed by atoms with E-state index < -0.39 is 23.5 Å². The van der Waals surface area contributed by atoms with Gasteiger partial charge in [-0.3, -0.25) is 0 Å². The van der Waals surface area contributed by atoms with Crippen LogP contribution in [-0.4, -0.2) is 28.1 Å². The minimum absolute atomic E-state index is 0.0799. The van der Waals surface area contributed by atoms with Gasteiger partial charge >= 0.3 is 17.9 Å². The number of para-hydroxylation sites is 1. The molecule has 7 nitrogen and oxygen atoms in total. The molecule has 3 rings (SSSR count). The van der Waals surface area contributed by atoms with Gasteiger partial charge in [-0.1, -0.05) is 36.9 Å². The molecule has 0 aliphatic carbocycles. The van der Waals surface area contributed by atoms with E-state index in [4.69, 9.17) is 9.47 Å². The summed E-state index contributed by atoms with van der Waals surface area (Å²) in [5.74, 6) is -2.74. The maximum absolute atomic E-state index is 12.1. The summed E-state index contributed by atoms with van der Waals surface area (Å²) >= 11 is 0. The predicted octanol–water partition coefficient (Wildman–Crippen LogP) is 4.94. The van der Waals surface area contributed by atoms with Crippen LogP contribution < -0.4 is 9.47 Å². The molecule has 0 saturated carbocycles. The van der Waals surface area contributed by atoms with Crippen molar-refractivity contribution in [1.82, 2.24) is 0 Å². The number of carboxylic acid groups (broad SMARTS) is 2. The molecule has 0 saturated heterocycles. The third-order valence-electron chi connectivity index (χ3n) is 4.40. The van der Waals surface area contributed by atoms with E-state index in [1.807, 2.05) is 18.2 Å². The zero-order chi connectivity index (χ0) is 22.5. The lowest BCUT2D eigenvalue weighted by molar-refractivity contribution is -0.129. The Hall–Kier alpha value is -4.39. The molecule has 31 heavy (non-hydrogen) atoms. The zero-order valence-corrected chi connectivity index (χ0v) is 16.5. The molecule has 0 bridgehead atoms. The summed E-state index contributed by atoms with van der Waals surface area (Å²) in [6.45, 7) is 4.76. The van der Waals surface area contributed by atoms with Gasteiger partial charge in [-0.2, -0.15) is 0 Å². The van der Waals surface area contributed by atoms with Gasteiger partial charge in [0, 0.05) is 11.6 Å². The lowest BCUT2D eigenvalue weighted by atomic mass is 9.91. The molecular formula is C24H18O7. The van der Waals surface area contributed by atoms with Crippen LogP contribution in [0.5, 0.6) is 17.2 Å². The number of rotatable bonds is 7. The summed E-state index contributed by atoms with van der Waals surface area (Å²) in [6, 6.07) is 16.6. The third-order valence-corrected chi connectivity index (χ3v) is 4.40. The highest BCUT2D eigenvalue weighted by atomic mass is 16.5. The molecule has 0 atom stereocenters. The number of ether oxygens (including phenoxy) is 2. The molecule has 0 aliphatic rings. The maximum atomic E-state index is 12.1. The Balaban J connectivity index is 2.15. The second-order valence-corrected chi connectivity index (χ2v) is 6.50. The van der Waals surface area contributed by atoms with Gasteiger partial charge in [0.2, 0.25) is 0 Å². The number of carboxylic acids is 2. The molecule has 0 spiro atoms. The van der Waals surface area contributed by atoms with Crippen LogP contribution in [-0.2, 0) is 4.79 Å². The number of hydrogen-bond donors (Lipinski definition) is 2. The molecule has 156 valence electrons. The monoisotopic (exact) mass is 418 g/mol. The molecule has 0 heterocycles. The highest BCUT2D eigenvalue weighted by Gasteiger charge is 2.27. The number of esters is 1. The zero-order valence-electron chi connectivity index (χ0n) is 16.5. The highest BCUT2D eigenvalue weighted by Crippen LogP contribution is 2.38. The average molecular weight is 418 g/mol. The molecule has 3 aromatic carbocycles. The second-order valence-electron chi connectivity index (χ2n) is 6.50. The number of carbonyl (C=O) groups excluding carboxylic acids is 1. The van der Waals surface area contributed by atoms with Crippen molar-refractivity contribution >= 4 is 17.9 Å². The molecule has 0 unspecified atom stereocenters. The van der Waals surface area contributed by atoms with Crippen molar-refractivity contribution in [2.45, 2.75) is 6.92 Å². The van der Waals surface area contributed by atoms with E-state index in [0.29, 0.717) is 17.1 Å². The molecule has 3 aromatic rings. The number of carbonyl (C=O) groups is 3. The Labute approximate surface area is 177 Å². The molecule has 7 heteroatoms. The van der Waals surface area contributed by atoms with E-state index in [1.165, 1.54) is 13.0 Å². The molecular weight excluding hydrogens is 400 g/mol. The quantitative estimate of drug-likeness (QED) is 0.318. The average Bonchev–Trinajstić information content (AvgIpc) is 2.75. The Morgan fingerprint density at radius 3 is 2.06 bits per heavy atom. The first-order chi connectivity index (χ1) is 14.8. The van der Waals surface area contributed by atoms with Gasteiger partial charge in [0.1, 0.15) is 22.8 Å². The molecule has 0 aromatic heterocycles. The van der Waals surface area contributed by atoms with Crippen LogP contribution in [0.25, 0.3) is 11.1 Å². The van der Waals surface area contributed by atoms with Crippen LogP contribution in [0.1, 0.15) is 26.3 Å². The van der Waals surface area contributed by atoms with Gasteiger partial charge in [-0.15, -0.1) is 0 Å². The number of aryl methyl sites for hydroxylation is 1. The van der Waals surface area contributed by atoms with Gasteiger partial charge in [0.25, 0.3) is 0 Å². The molecule has 0 fully saturated rings. The van der Waals surface area contributed by atoms with E-state index in [1.54, 1.807) is 36.4 Å². The summed E-state index contributed by atoms with van der Waals surface area (Å²) in [5.41, 5.74) is -0.234. The molecule has 2 N–H and O–H groups in total. The van der Waals surface area contributed by atoms with Crippen LogP contribution in [0, 0.1) is 6.92 Å². The lowest BCUT2D eigenvalue weighted by Crippen LogP contribution is -2.14. The summed E-state index contributed by atoms with van der Waals surface area (Å²) in [7, 11) is 0. The number of aromatic carboxylic acids is 2. The van der Waals surface area contributed by atoms with Crippen molar-refractivity contribution in [3.8, 4) is 28.4 Å². The summed E-state index contributed by atoms with van der Waals surface area (Å²) < 4.78 is 10.9. The van der Waals surface area contributed by atoms with Crippen LogP contribution >= 0.6 is 0 Å². The molecule has 0 radical (unpaired) electrons. The van der Waals surface area contributed by atoms with Gasteiger partial charge in [-0.25, -0.2) is 14.4 Å². The molecule has 0 amide bonds. The van der Waals surface area contributed by atoms with Crippen LogP contribution in [0.4, 0.5) is 0 Å². The van der Waals surface area contributed by atoms with Gasteiger partial charge in [-0.05, 0) is 48.4 Å². The normalized spacial score (nSPS) is 10.2. The number of benzene rings is 3. The minimum atomic E-state index is -1.43. The van der Waals surface area contributed by atoms with Crippen molar-refractivity contribution in [3.63, 3.8) is 0 Å². The first-order valence-corrected chi connectivity index (χ1v) is 9.13. The predicted molar refractivity (Wildman–Crippen MR) is 113 cm³/mol. The van der Waals surface area contributed by atoms with Gasteiger partial charge in [0.05, 0.1) is 5.56 Å². The van der Waals surface area contributed by atoms with E-state index in [2.05, 4.69) is 6.58 Å². The molecule has 0 aliphatic heterocycles. The van der Waals surface area contributed by atoms with Crippen molar-refractivity contribution in [2.24, 2.45) is 0 Å². The first kappa shape index (κ1) is 21.3. The Morgan fingerprint density at radius 1 is 0.903 bits per heavy atom. The Morgan fingerprint density at radius 2 is 1.52 bits per heavy atom. The van der Waals surface area contributed by atoms with Gasteiger partial charge < -0.3 is 19.7 Å². The highest BCUT2D eigenvalue weighted by molar-refractivity contribution is 6.08. The van der Waals surface area contributed by atoms with Gasteiger partial charge in [0.15, 0.2) is 0 Å². The first-order valence-electron chi connectivity index (χ1n) is 9.13. The SMILES string of the molecule is C=CC(=O)Oc1c(C)cc(C(=O)O)c(-c2ccc(Oc3ccccc3)cc2)c1C(=O)O. The summed E-state index contributed by atoms with van der Waals surface area (Å²) in [5, 5.41) is 19.5. The standard InChI is InChI=1S/C24H18O7/c1-3-19(25)31-22-14(2)13-18(23(26)27)20(21(22)24(28)29)15-9-11-17(12-10-15)30-16-7-5-4-6-8-16/h3-13H,1H2,2H3,(H,26,27)(H,28,29). The maximum Gasteiger partial charge on any atom is 0.340 e. The summed E-state index contributed by atoms with van der Waals surface area (Å²) in [6.07, 6.45) is 0.894.